The number of aromatic nitrogens is 1. The van der Waals surface area contributed by atoms with Crippen molar-refractivity contribution in [1.82, 2.24) is 4.98 Å². The Balaban J connectivity index is 2.63. The number of thiazole rings is 1. The molecule has 5 nitrogen and oxygen atoms in total. The number of rotatable bonds is 8. The van der Waals surface area contributed by atoms with Crippen molar-refractivity contribution in [1.29, 1.82) is 0 Å². The van der Waals surface area contributed by atoms with E-state index in [1.807, 2.05) is 0 Å². The van der Waals surface area contributed by atoms with Gasteiger partial charge < -0.3 is 15.2 Å². The maximum absolute atomic E-state index is 11.2. The van der Waals surface area contributed by atoms with Gasteiger partial charge in [0.25, 0.3) is 0 Å². The van der Waals surface area contributed by atoms with Crippen molar-refractivity contribution in [3.05, 3.63) is 11.1 Å². The molecule has 1 rings (SSSR count). The van der Waals surface area contributed by atoms with Gasteiger partial charge in [-0.3, -0.25) is 4.79 Å². The number of hydrogen-bond acceptors (Lipinski definition) is 5. The second-order valence-electron chi connectivity index (χ2n) is 6.23. The van der Waals surface area contributed by atoms with Crippen molar-refractivity contribution in [2.45, 2.75) is 39.5 Å². The van der Waals surface area contributed by atoms with Crippen molar-refractivity contribution < 1.29 is 14.6 Å². The van der Waals surface area contributed by atoms with Gasteiger partial charge in [-0.25, -0.2) is 4.98 Å². The van der Waals surface area contributed by atoms with E-state index in [2.05, 4.69) is 24.1 Å². The lowest BCUT2D eigenvalue weighted by Crippen LogP contribution is -2.29. The number of hydrogen-bond donors (Lipinski definition) is 2. The number of ether oxygens (including phenoxy) is 1. The Morgan fingerprint density at radius 3 is 2.65 bits per heavy atom. The molecule has 0 spiro atoms. The second kappa shape index (κ2) is 6.54. The molecule has 0 aliphatic heterocycles. The molecule has 0 radical (unpaired) electrons. The van der Waals surface area contributed by atoms with Gasteiger partial charge >= 0.3 is 5.97 Å². The molecule has 1 aromatic heterocycles. The van der Waals surface area contributed by atoms with Crippen LogP contribution in [-0.4, -0.2) is 36.3 Å². The molecule has 0 aliphatic carbocycles. The average Bonchev–Trinajstić information content (AvgIpc) is 2.83. The van der Waals surface area contributed by atoms with Crippen molar-refractivity contribution in [2.75, 3.05) is 25.6 Å². The third kappa shape index (κ3) is 4.45. The van der Waals surface area contributed by atoms with Crippen molar-refractivity contribution >= 4 is 22.4 Å². The molecule has 20 heavy (non-hydrogen) atoms. The normalized spacial score (nSPS) is 12.4. The van der Waals surface area contributed by atoms with Crippen LogP contribution in [0.25, 0.3) is 0 Å². The van der Waals surface area contributed by atoms with E-state index < -0.39 is 11.4 Å². The van der Waals surface area contributed by atoms with Crippen LogP contribution in [0.5, 0.6) is 0 Å². The fourth-order valence-electron chi connectivity index (χ4n) is 1.53. The van der Waals surface area contributed by atoms with E-state index in [1.165, 1.54) is 11.3 Å². The molecule has 0 saturated heterocycles. The van der Waals surface area contributed by atoms with Crippen molar-refractivity contribution in [3.8, 4) is 0 Å². The first-order valence-corrected chi connectivity index (χ1v) is 7.49. The smallest absolute Gasteiger partial charge is 0.315 e. The highest BCUT2D eigenvalue weighted by atomic mass is 32.1. The van der Waals surface area contributed by atoms with E-state index in [0.29, 0.717) is 5.69 Å². The van der Waals surface area contributed by atoms with E-state index >= 15 is 0 Å². The number of nitrogens with one attached hydrogen (secondary N) is 1. The summed E-state index contributed by atoms with van der Waals surface area (Å²) in [6.45, 7) is 9.15. The molecule has 0 atom stereocenters. The van der Waals surface area contributed by atoms with Crippen LogP contribution in [0.4, 0.5) is 5.13 Å². The van der Waals surface area contributed by atoms with E-state index in [0.717, 1.165) is 24.7 Å². The largest absolute Gasteiger partial charge is 0.481 e. The number of nitrogens with zero attached hydrogens (tertiary/aromatic N) is 1. The number of methoxy groups -OCH3 is 1. The molecule has 0 saturated carbocycles. The Morgan fingerprint density at radius 2 is 2.10 bits per heavy atom. The van der Waals surface area contributed by atoms with Gasteiger partial charge in [-0.2, -0.15) is 0 Å². The summed E-state index contributed by atoms with van der Waals surface area (Å²) in [7, 11) is 1.70. The number of carboxylic acid groups (broad SMARTS) is 1. The van der Waals surface area contributed by atoms with E-state index in [-0.39, 0.29) is 5.41 Å². The molecule has 0 aromatic carbocycles. The number of carbonyl (C=O) groups is 1. The molecule has 6 heteroatoms. The molecule has 114 valence electrons. The lowest BCUT2D eigenvalue weighted by molar-refractivity contribution is -0.142. The summed E-state index contributed by atoms with van der Waals surface area (Å²) in [5, 5.41) is 15.0. The molecule has 2 N–H and O–H groups in total. The summed E-state index contributed by atoms with van der Waals surface area (Å²) in [5.74, 6) is -0.866. The molecule has 1 aromatic rings. The Hall–Kier alpha value is -1.14. The Labute approximate surface area is 124 Å². The van der Waals surface area contributed by atoms with Gasteiger partial charge in [0.1, 0.15) is 5.41 Å². The van der Waals surface area contributed by atoms with Crippen LogP contribution in [0.15, 0.2) is 5.38 Å². The highest BCUT2D eigenvalue weighted by molar-refractivity contribution is 7.13. The average molecular weight is 300 g/mol. The third-order valence-corrected chi connectivity index (χ3v) is 4.18. The lowest BCUT2D eigenvalue weighted by atomic mass is 9.90. The Morgan fingerprint density at radius 1 is 1.45 bits per heavy atom. The van der Waals surface area contributed by atoms with E-state index in [1.54, 1.807) is 26.3 Å². The Bertz CT molecular complexity index is 455. The standard InChI is InChI=1S/C14H24N2O3S/c1-13(2,6-7-19-5)9-15-12-16-10(8-20-12)14(3,4)11(17)18/h8H,6-7,9H2,1-5H3,(H,15,16)(H,17,18). The second-order valence-corrected chi connectivity index (χ2v) is 7.09. The SMILES string of the molecule is COCCC(C)(C)CNc1nc(C(C)(C)C(=O)O)cs1. The van der Waals surface area contributed by atoms with E-state index in [4.69, 9.17) is 4.74 Å². The van der Waals surface area contributed by atoms with Gasteiger partial charge in [-0.1, -0.05) is 13.8 Å². The van der Waals surface area contributed by atoms with Crippen LogP contribution in [0.1, 0.15) is 39.8 Å². The molecule has 1 heterocycles. The van der Waals surface area contributed by atoms with Gasteiger partial charge in [0, 0.05) is 25.6 Å². The van der Waals surface area contributed by atoms with Gasteiger partial charge in [-0.15, -0.1) is 11.3 Å². The first kappa shape index (κ1) is 16.9. The molecule has 0 amide bonds. The zero-order valence-electron chi connectivity index (χ0n) is 12.8. The van der Waals surface area contributed by atoms with Crippen LogP contribution in [0, 0.1) is 5.41 Å². The van der Waals surface area contributed by atoms with E-state index in [9.17, 15) is 9.90 Å². The highest BCUT2D eigenvalue weighted by Gasteiger charge is 2.32. The summed E-state index contributed by atoms with van der Waals surface area (Å²) in [4.78, 5) is 15.6. The summed E-state index contributed by atoms with van der Waals surface area (Å²) in [6, 6.07) is 0. The van der Waals surface area contributed by atoms with Crippen molar-refractivity contribution in [2.24, 2.45) is 5.41 Å². The van der Waals surface area contributed by atoms with Crippen LogP contribution in [0.2, 0.25) is 0 Å². The van der Waals surface area contributed by atoms with Gasteiger partial charge in [0.2, 0.25) is 0 Å². The lowest BCUT2D eigenvalue weighted by Gasteiger charge is -2.24. The monoisotopic (exact) mass is 300 g/mol. The third-order valence-electron chi connectivity index (χ3n) is 3.38. The zero-order chi connectivity index (χ0) is 15.4. The van der Waals surface area contributed by atoms with Crippen molar-refractivity contribution in [3.63, 3.8) is 0 Å². The van der Waals surface area contributed by atoms with Crippen LogP contribution < -0.4 is 5.32 Å². The molecule has 0 fully saturated rings. The number of aliphatic carboxylic acids is 1. The summed E-state index contributed by atoms with van der Waals surface area (Å²) < 4.78 is 5.10. The highest BCUT2D eigenvalue weighted by Crippen LogP contribution is 2.28. The van der Waals surface area contributed by atoms with Crippen LogP contribution >= 0.6 is 11.3 Å². The minimum atomic E-state index is -0.956. The predicted octanol–water partition coefficient (Wildman–Crippen LogP) is 2.98. The van der Waals surface area contributed by atoms with Crippen LogP contribution in [0.3, 0.4) is 0 Å². The minimum Gasteiger partial charge on any atom is -0.481 e. The Kier molecular flexibility index (Phi) is 5.53. The molecular formula is C14H24N2O3S. The fraction of sp³-hybridized carbons (Fsp3) is 0.714. The van der Waals surface area contributed by atoms with Gasteiger partial charge in [0.15, 0.2) is 5.13 Å². The zero-order valence-corrected chi connectivity index (χ0v) is 13.6. The summed E-state index contributed by atoms with van der Waals surface area (Å²) in [6.07, 6.45) is 0.954. The summed E-state index contributed by atoms with van der Waals surface area (Å²) in [5.41, 5.74) is -0.265. The van der Waals surface area contributed by atoms with Gasteiger partial charge in [0.05, 0.1) is 5.69 Å². The topological polar surface area (TPSA) is 71.5 Å². The molecule has 0 bridgehead atoms. The molecular weight excluding hydrogens is 276 g/mol. The summed E-state index contributed by atoms with van der Waals surface area (Å²) >= 11 is 1.44. The predicted molar refractivity (Wildman–Crippen MR) is 81.5 cm³/mol. The quantitative estimate of drug-likeness (QED) is 0.772. The fourth-order valence-corrected chi connectivity index (χ4v) is 2.41. The van der Waals surface area contributed by atoms with Crippen LogP contribution in [-0.2, 0) is 14.9 Å². The number of carboxylic acids is 1. The molecule has 0 unspecified atom stereocenters. The molecule has 0 aliphatic rings. The first-order valence-electron chi connectivity index (χ1n) is 6.61. The maximum atomic E-state index is 11.2. The minimum absolute atomic E-state index is 0.101. The van der Waals surface area contributed by atoms with Gasteiger partial charge in [-0.05, 0) is 25.7 Å². The number of anilines is 1. The maximum Gasteiger partial charge on any atom is 0.315 e. The first-order chi connectivity index (χ1) is 9.19.